The first-order valence-electron chi connectivity index (χ1n) is 5.03. The minimum atomic E-state index is 0.198. The molecule has 0 saturated carbocycles. The molecule has 0 aromatic carbocycles. The molecule has 5 heteroatoms. The second kappa shape index (κ2) is 4.93. The van der Waals surface area contributed by atoms with Crippen molar-refractivity contribution in [2.45, 2.75) is 25.5 Å². The molecule has 3 atom stereocenters. The number of nitrogens with one attached hydrogen (secondary N) is 1. The van der Waals surface area contributed by atoms with Crippen LogP contribution in [0.2, 0.25) is 0 Å². The summed E-state index contributed by atoms with van der Waals surface area (Å²) in [5.41, 5.74) is 2.91. The number of hydrazine groups is 1. The van der Waals surface area contributed by atoms with Crippen molar-refractivity contribution in [2.24, 2.45) is 11.8 Å². The van der Waals surface area contributed by atoms with Gasteiger partial charge in [-0.15, -0.1) is 11.3 Å². The SMILES string of the molecule is CC1CC(C(NN)c2sccc2Br)CO1. The first-order chi connectivity index (χ1) is 7.22. The maximum Gasteiger partial charge on any atom is 0.0615 e. The summed E-state index contributed by atoms with van der Waals surface area (Å²) in [7, 11) is 0. The van der Waals surface area contributed by atoms with Gasteiger partial charge in [0.05, 0.1) is 18.8 Å². The summed E-state index contributed by atoms with van der Waals surface area (Å²) in [6, 6.07) is 2.26. The molecule has 1 aliphatic rings. The van der Waals surface area contributed by atoms with E-state index in [4.69, 9.17) is 10.6 Å². The number of halogens is 1. The number of hydrogen-bond acceptors (Lipinski definition) is 4. The van der Waals surface area contributed by atoms with Crippen LogP contribution in [-0.4, -0.2) is 12.7 Å². The average Bonchev–Trinajstić information content (AvgIpc) is 2.79. The predicted molar refractivity (Wildman–Crippen MR) is 65.6 cm³/mol. The Hall–Kier alpha value is 0.0600. The van der Waals surface area contributed by atoms with E-state index in [0.29, 0.717) is 12.0 Å². The Labute approximate surface area is 102 Å². The minimum absolute atomic E-state index is 0.198. The minimum Gasteiger partial charge on any atom is -0.378 e. The highest BCUT2D eigenvalue weighted by Gasteiger charge is 2.31. The molecule has 0 aliphatic carbocycles. The van der Waals surface area contributed by atoms with Gasteiger partial charge in [-0.3, -0.25) is 11.3 Å². The molecule has 0 radical (unpaired) electrons. The lowest BCUT2D eigenvalue weighted by Gasteiger charge is -2.20. The van der Waals surface area contributed by atoms with Crippen LogP contribution in [0.15, 0.2) is 15.9 Å². The summed E-state index contributed by atoms with van der Waals surface area (Å²) in [6.45, 7) is 2.90. The summed E-state index contributed by atoms with van der Waals surface area (Å²) >= 11 is 5.27. The zero-order valence-electron chi connectivity index (χ0n) is 8.57. The quantitative estimate of drug-likeness (QED) is 0.664. The normalized spacial score (nSPS) is 28.2. The lowest BCUT2D eigenvalue weighted by atomic mass is 9.96. The third-order valence-corrected chi connectivity index (χ3v) is 4.76. The Morgan fingerprint density at radius 2 is 2.53 bits per heavy atom. The van der Waals surface area contributed by atoms with Crippen LogP contribution in [0.5, 0.6) is 0 Å². The van der Waals surface area contributed by atoms with Gasteiger partial charge in [0.1, 0.15) is 0 Å². The fraction of sp³-hybridized carbons (Fsp3) is 0.600. The number of thiophene rings is 1. The Balaban J connectivity index is 2.14. The zero-order chi connectivity index (χ0) is 10.8. The van der Waals surface area contributed by atoms with Gasteiger partial charge < -0.3 is 4.74 Å². The fourth-order valence-electron chi connectivity index (χ4n) is 2.04. The Morgan fingerprint density at radius 3 is 3.00 bits per heavy atom. The Kier molecular flexibility index (Phi) is 3.79. The molecule has 2 rings (SSSR count). The number of rotatable bonds is 3. The van der Waals surface area contributed by atoms with Crippen LogP contribution >= 0.6 is 27.3 Å². The predicted octanol–water partition coefficient (Wildman–Crippen LogP) is 2.44. The van der Waals surface area contributed by atoms with E-state index in [2.05, 4.69) is 39.7 Å². The highest BCUT2D eigenvalue weighted by molar-refractivity contribution is 9.10. The molecule has 15 heavy (non-hydrogen) atoms. The van der Waals surface area contributed by atoms with Gasteiger partial charge in [0.25, 0.3) is 0 Å². The van der Waals surface area contributed by atoms with E-state index < -0.39 is 0 Å². The van der Waals surface area contributed by atoms with Gasteiger partial charge in [-0.1, -0.05) is 0 Å². The maximum atomic E-state index is 5.64. The highest BCUT2D eigenvalue weighted by Crippen LogP contribution is 2.37. The molecule has 0 amide bonds. The van der Waals surface area contributed by atoms with Gasteiger partial charge in [0, 0.05) is 15.3 Å². The number of ether oxygens (including phenoxy) is 1. The highest BCUT2D eigenvalue weighted by atomic mass is 79.9. The van der Waals surface area contributed by atoms with Crippen molar-refractivity contribution in [3.05, 3.63) is 20.8 Å². The van der Waals surface area contributed by atoms with Gasteiger partial charge in [0.2, 0.25) is 0 Å². The summed E-state index contributed by atoms with van der Waals surface area (Å²) in [5.74, 6) is 6.11. The van der Waals surface area contributed by atoms with Crippen LogP contribution in [0.1, 0.15) is 24.3 Å². The molecule has 3 nitrogen and oxygen atoms in total. The Morgan fingerprint density at radius 1 is 1.73 bits per heavy atom. The lowest BCUT2D eigenvalue weighted by Crippen LogP contribution is -2.33. The fourth-order valence-corrected chi connectivity index (χ4v) is 3.81. The number of hydrogen-bond donors (Lipinski definition) is 2. The van der Waals surface area contributed by atoms with Crippen molar-refractivity contribution < 1.29 is 4.74 Å². The van der Waals surface area contributed by atoms with Crippen molar-refractivity contribution in [3.8, 4) is 0 Å². The van der Waals surface area contributed by atoms with Gasteiger partial charge in [-0.05, 0) is 40.7 Å². The second-order valence-electron chi connectivity index (χ2n) is 3.92. The standard InChI is InChI=1S/C10H15BrN2OS/c1-6-4-7(5-14-6)9(13-12)10-8(11)2-3-15-10/h2-3,6-7,9,13H,4-5,12H2,1H3. The molecule has 3 N–H and O–H groups in total. The molecular formula is C10H15BrN2OS. The van der Waals surface area contributed by atoms with Crippen molar-refractivity contribution >= 4 is 27.3 Å². The largest absolute Gasteiger partial charge is 0.378 e. The third kappa shape index (κ3) is 2.42. The van der Waals surface area contributed by atoms with Crippen LogP contribution < -0.4 is 11.3 Å². The summed E-state index contributed by atoms with van der Waals surface area (Å²) in [4.78, 5) is 1.26. The molecule has 2 heterocycles. The topological polar surface area (TPSA) is 47.3 Å². The van der Waals surface area contributed by atoms with Crippen LogP contribution in [0.4, 0.5) is 0 Å². The zero-order valence-corrected chi connectivity index (χ0v) is 11.0. The molecule has 3 unspecified atom stereocenters. The monoisotopic (exact) mass is 290 g/mol. The smallest absolute Gasteiger partial charge is 0.0615 e. The molecule has 1 aliphatic heterocycles. The van der Waals surface area contributed by atoms with Gasteiger partial charge in [-0.2, -0.15) is 0 Å². The molecule has 0 spiro atoms. The molecule has 1 saturated heterocycles. The summed E-state index contributed by atoms with van der Waals surface area (Å²) in [6.07, 6.45) is 1.42. The van der Waals surface area contributed by atoms with E-state index in [9.17, 15) is 0 Å². The molecule has 1 aromatic rings. The molecule has 1 aromatic heterocycles. The lowest BCUT2D eigenvalue weighted by molar-refractivity contribution is 0.117. The molecule has 0 bridgehead atoms. The van der Waals surface area contributed by atoms with Crippen LogP contribution in [0.25, 0.3) is 0 Å². The van der Waals surface area contributed by atoms with E-state index in [0.717, 1.165) is 17.5 Å². The van der Waals surface area contributed by atoms with E-state index in [1.54, 1.807) is 11.3 Å². The van der Waals surface area contributed by atoms with Crippen molar-refractivity contribution in [1.29, 1.82) is 0 Å². The van der Waals surface area contributed by atoms with Gasteiger partial charge >= 0.3 is 0 Å². The average molecular weight is 291 g/mol. The van der Waals surface area contributed by atoms with E-state index >= 15 is 0 Å². The van der Waals surface area contributed by atoms with E-state index in [1.165, 1.54) is 4.88 Å². The van der Waals surface area contributed by atoms with Crippen molar-refractivity contribution in [2.75, 3.05) is 6.61 Å². The number of nitrogens with two attached hydrogens (primary N) is 1. The van der Waals surface area contributed by atoms with Crippen LogP contribution in [0, 0.1) is 5.92 Å². The summed E-state index contributed by atoms with van der Waals surface area (Å²) < 4.78 is 6.71. The van der Waals surface area contributed by atoms with E-state index in [1.807, 2.05) is 0 Å². The second-order valence-corrected chi connectivity index (χ2v) is 5.72. The van der Waals surface area contributed by atoms with Crippen molar-refractivity contribution in [1.82, 2.24) is 5.43 Å². The van der Waals surface area contributed by atoms with Gasteiger partial charge in [0.15, 0.2) is 0 Å². The first kappa shape index (κ1) is 11.5. The maximum absolute atomic E-state index is 5.64. The Bertz CT molecular complexity index is 331. The molecular weight excluding hydrogens is 276 g/mol. The summed E-state index contributed by atoms with van der Waals surface area (Å²) in [5, 5.41) is 2.07. The van der Waals surface area contributed by atoms with Crippen molar-refractivity contribution in [3.63, 3.8) is 0 Å². The van der Waals surface area contributed by atoms with Gasteiger partial charge in [-0.25, -0.2) is 0 Å². The molecule has 1 fully saturated rings. The third-order valence-electron chi connectivity index (χ3n) is 2.81. The molecule has 84 valence electrons. The van der Waals surface area contributed by atoms with Crippen LogP contribution in [0.3, 0.4) is 0 Å². The van der Waals surface area contributed by atoms with E-state index in [-0.39, 0.29) is 6.04 Å². The first-order valence-corrected chi connectivity index (χ1v) is 6.70. The van der Waals surface area contributed by atoms with Crippen LogP contribution in [-0.2, 0) is 4.74 Å².